The Labute approximate surface area is 106 Å². The molecule has 5 heteroatoms. The first kappa shape index (κ1) is 12.3. The van der Waals surface area contributed by atoms with Crippen LogP contribution in [0.3, 0.4) is 0 Å². The molecule has 2 aromatic rings. The van der Waals surface area contributed by atoms with Gasteiger partial charge in [-0.15, -0.1) is 0 Å². The van der Waals surface area contributed by atoms with Crippen molar-refractivity contribution in [1.82, 2.24) is 9.97 Å². The quantitative estimate of drug-likeness (QED) is 0.834. The predicted octanol–water partition coefficient (Wildman–Crippen LogP) is 1.52. The maximum atomic E-state index is 5.43. The molecule has 3 N–H and O–H groups in total. The third-order valence-electron chi connectivity index (χ3n) is 2.45. The van der Waals surface area contributed by atoms with Crippen LogP contribution in [-0.4, -0.2) is 30.2 Å². The number of rotatable bonds is 5. The van der Waals surface area contributed by atoms with Crippen LogP contribution in [0.4, 0.5) is 5.95 Å². The van der Waals surface area contributed by atoms with Crippen LogP contribution in [0.15, 0.2) is 36.5 Å². The second kappa shape index (κ2) is 5.97. The number of aromatic nitrogens is 2. The highest BCUT2D eigenvalue weighted by molar-refractivity contribution is 5.61. The van der Waals surface area contributed by atoms with Crippen molar-refractivity contribution in [2.24, 2.45) is 5.73 Å². The summed E-state index contributed by atoms with van der Waals surface area (Å²) in [6.45, 7) is 1.20. The van der Waals surface area contributed by atoms with Gasteiger partial charge in [0.25, 0.3) is 0 Å². The maximum absolute atomic E-state index is 5.43. The third-order valence-corrected chi connectivity index (χ3v) is 2.45. The van der Waals surface area contributed by atoms with Gasteiger partial charge in [-0.1, -0.05) is 12.1 Å². The number of nitrogens with one attached hydrogen (secondary N) is 1. The molecule has 0 bridgehead atoms. The van der Waals surface area contributed by atoms with E-state index in [9.17, 15) is 0 Å². The zero-order valence-corrected chi connectivity index (χ0v) is 10.3. The molecule has 5 nitrogen and oxygen atoms in total. The Bertz CT molecular complexity index is 516. The van der Waals surface area contributed by atoms with Crippen LogP contribution in [-0.2, 0) is 0 Å². The summed E-state index contributed by atoms with van der Waals surface area (Å²) in [6, 6.07) is 9.62. The monoisotopic (exact) mass is 244 g/mol. The fraction of sp³-hybridized carbons (Fsp3) is 0.231. The molecule has 0 radical (unpaired) electrons. The Morgan fingerprint density at radius 1 is 1.33 bits per heavy atom. The Hall–Kier alpha value is -2.14. The van der Waals surface area contributed by atoms with E-state index in [1.807, 2.05) is 30.3 Å². The molecule has 1 aromatic heterocycles. The van der Waals surface area contributed by atoms with Gasteiger partial charge in [0.1, 0.15) is 5.75 Å². The Kier molecular flexibility index (Phi) is 4.09. The van der Waals surface area contributed by atoms with E-state index in [4.69, 9.17) is 10.5 Å². The van der Waals surface area contributed by atoms with Crippen LogP contribution < -0.4 is 15.8 Å². The van der Waals surface area contributed by atoms with E-state index in [1.165, 1.54) is 0 Å². The average molecular weight is 244 g/mol. The van der Waals surface area contributed by atoms with Gasteiger partial charge in [-0.3, -0.25) is 0 Å². The molecule has 0 aliphatic carbocycles. The van der Waals surface area contributed by atoms with E-state index in [0.717, 1.165) is 17.0 Å². The van der Waals surface area contributed by atoms with Crippen LogP contribution in [0.25, 0.3) is 11.3 Å². The molecule has 0 atom stereocenters. The lowest BCUT2D eigenvalue weighted by molar-refractivity contribution is 0.415. The topological polar surface area (TPSA) is 73.1 Å². The zero-order valence-electron chi connectivity index (χ0n) is 10.3. The van der Waals surface area contributed by atoms with Crippen molar-refractivity contribution in [2.75, 3.05) is 25.5 Å². The fourth-order valence-corrected chi connectivity index (χ4v) is 1.57. The molecule has 0 fully saturated rings. The van der Waals surface area contributed by atoms with E-state index < -0.39 is 0 Å². The molecule has 2 rings (SSSR count). The fourth-order valence-electron chi connectivity index (χ4n) is 1.57. The van der Waals surface area contributed by atoms with Crippen molar-refractivity contribution in [2.45, 2.75) is 0 Å². The van der Waals surface area contributed by atoms with Crippen LogP contribution in [0, 0.1) is 0 Å². The summed E-state index contributed by atoms with van der Waals surface area (Å²) in [5, 5.41) is 3.05. The Morgan fingerprint density at radius 2 is 2.22 bits per heavy atom. The highest BCUT2D eigenvalue weighted by Gasteiger charge is 2.03. The standard InChI is InChI=1S/C13H16N4O/c1-18-11-4-2-3-10(9-11)12-5-7-15-13(17-12)16-8-6-14/h2-5,7,9H,6,8,14H2,1H3,(H,15,16,17). The first-order chi connectivity index (χ1) is 8.83. The smallest absolute Gasteiger partial charge is 0.223 e. The summed E-state index contributed by atoms with van der Waals surface area (Å²) in [4.78, 5) is 8.56. The zero-order chi connectivity index (χ0) is 12.8. The number of methoxy groups -OCH3 is 1. The van der Waals surface area contributed by atoms with Crippen LogP contribution in [0.1, 0.15) is 0 Å². The Morgan fingerprint density at radius 3 is 3.00 bits per heavy atom. The van der Waals surface area contributed by atoms with E-state index in [-0.39, 0.29) is 0 Å². The minimum atomic E-state index is 0.548. The first-order valence-corrected chi connectivity index (χ1v) is 5.75. The third kappa shape index (κ3) is 2.95. The normalized spacial score (nSPS) is 10.1. The molecule has 1 heterocycles. The maximum Gasteiger partial charge on any atom is 0.223 e. The van der Waals surface area contributed by atoms with Crippen molar-refractivity contribution in [3.63, 3.8) is 0 Å². The van der Waals surface area contributed by atoms with Crippen LogP contribution in [0.5, 0.6) is 5.75 Å². The van der Waals surface area contributed by atoms with Crippen LogP contribution in [0.2, 0.25) is 0 Å². The second-order valence-corrected chi connectivity index (χ2v) is 3.71. The van der Waals surface area contributed by atoms with Gasteiger partial charge < -0.3 is 15.8 Å². The van der Waals surface area contributed by atoms with Crippen molar-refractivity contribution in [3.8, 4) is 17.0 Å². The number of ether oxygens (including phenoxy) is 1. The summed E-state index contributed by atoms with van der Waals surface area (Å²) in [5.74, 6) is 1.39. The first-order valence-electron chi connectivity index (χ1n) is 5.75. The van der Waals surface area contributed by atoms with Crippen molar-refractivity contribution < 1.29 is 4.74 Å². The minimum Gasteiger partial charge on any atom is -0.497 e. The summed E-state index contributed by atoms with van der Waals surface area (Å²) in [6.07, 6.45) is 1.72. The van der Waals surface area contributed by atoms with Crippen molar-refractivity contribution in [3.05, 3.63) is 36.5 Å². The molecular weight excluding hydrogens is 228 g/mol. The number of benzene rings is 1. The van der Waals surface area contributed by atoms with Gasteiger partial charge in [0.05, 0.1) is 12.8 Å². The SMILES string of the molecule is COc1cccc(-c2ccnc(NCCN)n2)c1. The second-order valence-electron chi connectivity index (χ2n) is 3.71. The van der Waals surface area contributed by atoms with E-state index in [0.29, 0.717) is 19.0 Å². The summed E-state index contributed by atoms with van der Waals surface area (Å²) >= 11 is 0. The van der Waals surface area contributed by atoms with Crippen molar-refractivity contribution in [1.29, 1.82) is 0 Å². The summed E-state index contributed by atoms with van der Waals surface area (Å²) in [7, 11) is 1.65. The van der Waals surface area contributed by atoms with Gasteiger partial charge in [0.15, 0.2) is 0 Å². The van der Waals surface area contributed by atoms with E-state index in [2.05, 4.69) is 15.3 Å². The molecule has 94 valence electrons. The van der Waals surface area contributed by atoms with Gasteiger partial charge in [-0.25, -0.2) is 9.97 Å². The van der Waals surface area contributed by atoms with Gasteiger partial charge in [0, 0.05) is 24.8 Å². The molecule has 0 amide bonds. The average Bonchev–Trinajstić information content (AvgIpc) is 2.45. The minimum absolute atomic E-state index is 0.548. The molecule has 0 saturated heterocycles. The molecule has 0 aliphatic heterocycles. The number of hydrogen-bond donors (Lipinski definition) is 2. The van der Waals surface area contributed by atoms with Crippen molar-refractivity contribution >= 4 is 5.95 Å². The van der Waals surface area contributed by atoms with E-state index >= 15 is 0 Å². The van der Waals surface area contributed by atoms with Gasteiger partial charge >= 0.3 is 0 Å². The lowest BCUT2D eigenvalue weighted by Crippen LogP contribution is -2.14. The number of anilines is 1. The summed E-state index contributed by atoms with van der Waals surface area (Å²) in [5.41, 5.74) is 7.27. The Balaban J connectivity index is 2.26. The number of nitrogens with two attached hydrogens (primary N) is 1. The van der Waals surface area contributed by atoms with Gasteiger partial charge in [-0.2, -0.15) is 0 Å². The predicted molar refractivity (Wildman–Crippen MR) is 71.6 cm³/mol. The highest BCUT2D eigenvalue weighted by atomic mass is 16.5. The molecule has 0 aliphatic rings. The lowest BCUT2D eigenvalue weighted by atomic mass is 10.1. The molecule has 1 aromatic carbocycles. The molecule has 0 spiro atoms. The molecule has 0 unspecified atom stereocenters. The largest absolute Gasteiger partial charge is 0.497 e. The molecular formula is C13H16N4O. The van der Waals surface area contributed by atoms with Gasteiger partial charge in [0.2, 0.25) is 5.95 Å². The highest BCUT2D eigenvalue weighted by Crippen LogP contribution is 2.22. The van der Waals surface area contributed by atoms with Crippen LogP contribution >= 0.6 is 0 Å². The van der Waals surface area contributed by atoms with E-state index in [1.54, 1.807) is 13.3 Å². The molecule has 18 heavy (non-hydrogen) atoms. The number of hydrogen-bond acceptors (Lipinski definition) is 5. The number of nitrogens with zero attached hydrogens (tertiary/aromatic N) is 2. The lowest BCUT2D eigenvalue weighted by Gasteiger charge is -2.06. The van der Waals surface area contributed by atoms with Gasteiger partial charge in [-0.05, 0) is 18.2 Å². The summed E-state index contributed by atoms with van der Waals surface area (Å²) < 4.78 is 5.20. The molecule has 0 saturated carbocycles.